The number of benzene rings is 1. The van der Waals surface area contributed by atoms with Gasteiger partial charge in [0, 0.05) is 15.6 Å². The van der Waals surface area contributed by atoms with Gasteiger partial charge in [0.1, 0.15) is 0 Å². The standard InChI is InChI=1S/C17H24BrNO/c1-12(2)11-17(8-4-5-9-17)16(20)19-14-6-7-15(18)13(3)10-14/h6-7,10,12H,4-5,8-9,11H2,1-3H3,(H,19,20). The molecule has 3 heteroatoms. The third-order valence-corrected chi connectivity index (χ3v) is 5.15. The van der Waals surface area contributed by atoms with Gasteiger partial charge in [-0.3, -0.25) is 4.79 Å². The smallest absolute Gasteiger partial charge is 0.230 e. The van der Waals surface area contributed by atoms with E-state index in [-0.39, 0.29) is 11.3 Å². The first-order chi connectivity index (χ1) is 9.43. The van der Waals surface area contributed by atoms with E-state index in [4.69, 9.17) is 0 Å². The SMILES string of the molecule is Cc1cc(NC(=O)C2(CC(C)C)CCCC2)ccc1Br. The Morgan fingerprint density at radius 3 is 2.55 bits per heavy atom. The highest BCUT2D eigenvalue weighted by atomic mass is 79.9. The van der Waals surface area contributed by atoms with Gasteiger partial charge in [0.15, 0.2) is 0 Å². The van der Waals surface area contributed by atoms with Crippen molar-refractivity contribution in [1.82, 2.24) is 0 Å². The van der Waals surface area contributed by atoms with Crippen LogP contribution in [0.2, 0.25) is 0 Å². The Bertz CT molecular complexity index is 490. The Morgan fingerprint density at radius 2 is 2.00 bits per heavy atom. The molecule has 0 bridgehead atoms. The number of nitrogens with one attached hydrogen (secondary N) is 1. The van der Waals surface area contributed by atoms with Crippen molar-refractivity contribution >= 4 is 27.5 Å². The summed E-state index contributed by atoms with van der Waals surface area (Å²) >= 11 is 3.49. The van der Waals surface area contributed by atoms with Crippen molar-refractivity contribution in [3.63, 3.8) is 0 Å². The van der Waals surface area contributed by atoms with Crippen molar-refractivity contribution in [2.24, 2.45) is 11.3 Å². The van der Waals surface area contributed by atoms with Crippen molar-refractivity contribution < 1.29 is 4.79 Å². The van der Waals surface area contributed by atoms with Gasteiger partial charge in [-0.2, -0.15) is 0 Å². The summed E-state index contributed by atoms with van der Waals surface area (Å²) in [5.41, 5.74) is 1.91. The predicted molar refractivity (Wildman–Crippen MR) is 87.9 cm³/mol. The van der Waals surface area contributed by atoms with Crippen LogP contribution < -0.4 is 5.32 Å². The molecule has 110 valence electrons. The summed E-state index contributed by atoms with van der Waals surface area (Å²) in [6.45, 7) is 6.45. The highest BCUT2D eigenvalue weighted by Gasteiger charge is 2.41. The highest BCUT2D eigenvalue weighted by molar-refractivity contribution is 9.10. The Labute approximate surface area is 130 Å². The molecule has 0 spiro atoms. The third kappa shape index (κ3) is 3.43. The molecule has 1 amide bonds. The van der Waals surface area contributed by atoms with Gasteiger partial charge in [-0.05, 0) is 55.9 Å². The minimum absolute atomic E-state index is 0.144. The number of halogens is 1. The summed E-state index contributed by atoms with van der Waals surface area (Å²) in [4.78, 5) is 12.7. The van der Waals surface area contributed by atoms with E-state index in [1.807, 2.05) is 25.1 Å². The Hall–Kier alpha value is -0.830. The Balaban J connectivity index is 2.14. The molecule has 0 radical (unpaired) electrons. The summed E-state index contributed by atoms with van der Waals surface area (Å²) in [6, 6.07) is 5.99. The van der Waals surface area contributed by atoms with Crippen LogP contribution in [0.1, 0.15) is 51.5 Å². The maximum atomic E-state index is 12.7. The third-order valence-electron chi connectivity index (χ3n) is 4.26. The first kappa shape index (κ1) is 15.6. The van der Waals surface area contributed by atoms with Gasteiger partial charge in [0.2, 0.25) is 5.91 Å². The molecule has 1 aliphatic carbocycles. The molecule has 0 aromatic heterocycles. The number of hydrogen-bond acceptors (Lipinski definition) is 1. The Kier molecular flexibility index (Phi) is 4.90. The lowest BCUT2D eigenvalue weighted by Gasteiger charge is -2.29. The zero-order chi connectivity index (χ0) is 14.8. The minimum atomic E-state index is -0.144. The van der Waals surface area contributed by atoms with Crippen LogP contribution in [0.25, 0.3) is 0 Å². The second kappa shape index (κ2) is 6.30. The molecular formula is C17H24BrNO. The van der Waals surface area contributed by atoms with Crippen LogP contribution in [-0.2, 0) is 4.79 Å². The molecule has 0 atom stereocenters. The average Bonchev–Trinajstić information content (AvgIpc) is 2.83. The molecule has 1 aliphatic rings. The zero-order valence-corrected chi connectivity index (χ0v) is 14.2. The van der Waals surface area contributed by atoms with Gasteiger partial charge in [0.05, 0.1) is 0 Å². The molecule has 0 saturated heterocycles. The fraction of sp³-hybridized carbons (Fsp3) is 0.588. The molecular weight excluding hydrogens is 314 g/mol. The molecule has 2 rings (SSSR count). The molecule has 1 saturated carbocycles. The number of carbonyl (C=O) groups is 1. The van der Waals surface area contributed by atoms with E-state index < -0.39 is 0 Å². The van der Waals surface area contributed by atoms with E-state index >= 15 is 0 Å². The van der Waals surface area contributed by atoms with Gasteiger partial charge in [-0.1, -0.05) is 42.6 Å². The fourth-order valence-corrected chi connectivity index (χ4v) is 3.59. The molecule has 1 aromatic rings. The molecule has 0 aliphatic heterocycles. The van der Waals surface area contributed by atoms with Crippen LogP contribution >= 0.6 is 15.9 Å². The number of aryl methyl sites for hydroxylation is 1. The molecule has 0 heterocycles. The van der Waals surface area contributed by atoms with Gasteiger partial charge in [0.25, 0.3) is 0 Å². The molecule has 0 unspecified atom stereocenters. The second-order valence-corrected chi connectivity index (χ2v) is 7.36. The molecule has 1 aromatic carbocycles. The van der Waals surface area contributed by atoms with Crippen molar-refractivity contribution in [3.05, 3.63) is 28.2 Å². The van der Waals surface area contributed by atoms with Crippen LogP contribution in [0.3, 0.4) is 0 Å². The van der Waals surface area contributed by atoms with Gasteiger partial charge in [-0.25, -0.2) is 0 Å². The van der Waals surface area contributed by atoms with Crippen LogP contribution in [-0.4, -0.2) is 5.91 Å². The van der Waals surface area contributed by atoms with Crippen molar-refractivity contribution in [1.29, 1.82) is 0 Å². The van der Waals surface area contributed by atoms with Crippen molar-refractivity contribution in [3.8, 4) is 0 Å². The maximum Gasteiger partial charge on any atom is 0.230 e. The summed E-state index contributed by atoms with van der Waals surface area (Å²) in [7, 11) is 0. The fourth-order valence-electron chi connectivity index (χ4n) is 3.34. The second-order valence-electron chi connectivity index (χ2n) is 6.50. The number of anilines is 1. The first-order valence-corrected chi connectivity index (χ1v) is 8.30. The number of amides is 1. The van der Waals surface area contributed by atoms with E-state index in [9.17, 15) is 4.79 Å². The van der Waals surface area contributed by atoms with Crippen molar-refractivity contribution in [2.45, 2.75) is 52.9 Å². The summed E-state index contributed by atoms with van der Waals surface area (Å²) in [6.07, 6.45) is 5.42. The molecule has 1 fully saturated rings. The lowest BCUT2D eigenvalue weighted by atomic mass is 9.77. The van der Waals surface area contributed by atoms with E-state index in [0.717, 1.165) is 35.0 Å². The monoisotopic (exact) mass is 337 g/mol. The predicted octanol–water partition coefficient (Wildman–Crippen LogP) is 5.30. The number of hydrogen-bond donors (Lipinski definition) is 1. The van der Waals surface area contributed by atoms with E-state index in [1.165, 1.54) is 12.8 Å². The topological polar surface area (TPSA) is 29.1 Å². The van der Waals surface area contributed by atoms with E-state index in [1.54, 1.807) is 0 Å². The Morgan fingerprint density at radius 1 is 1.35 bits per heavy atom. The lowest BCUT2D eigenvalue weighted by Crippen LogP contribution is -2.35. The average molecular weight is 338 g/mol. The maximum absolute atomic E-state index is 12.7. The van der Waals surface area contributed by atoms with Crippen LogP contribution in [0.4, 0.5) is 5.69 Å². The number of carbonyl (C=O) groups excluding carboxylic acids is 1. The van der Waals surface area contributed by atoms with Gasteiger partial charge < -0.3 is 5.32 Å². The summed E-state index contributed by atoms with van der Waals surface area (Å²) in [5, 5.41) is 3.14. The summed E-state index contributed by atoms with van der Waals surface area (Å²) < 4.78 is 1.08. The number of rotatable bonds is 4. The van der Waals surface area contributed by atoms with Gasteiger partial charge in [-0.15, -0.1) is 0 Å². The quantitative estimate of drug-likeness (QED) is 0.793. The highest BCUT2D eigenvalue weighted by Crippen LogP contribution is 2.44. The minimum Gasteiger partial charge on any atom is -0.326 e. The van der Waals surface area contributed by atoms with Crippen LogP contribution in [0.15, 0.2) is 22.7 Å². The summed E-state index contributed by atoms with van der Waals surface area (Å²) in [5.74, 6) is 0.774. The largest absolute Gasteiger partial charge is 0.326 e. The van der Waals surface area contributed by atoms with Crippen LogP contribution in [0, 0.1) is 18.3 Å². The molecule has 2 nitrogen and oxygen atoms in total. The van der Waals surface area contributed by atoms with E-state index in [0.29, 0.717) is 5.92 Å². The zero-order valence-electron chi connectivity index (χ0n) is 12.6. The lowest BCUT2D eigenvalue weighted by molar-refractivity contribution is -0.126. The van der Waals surface area contributed by atoms with E-state index in [2.05, 4.69) is 35.1 Å². The normalized spacial score (nSPS) is 17.4. The van der Waals surface area contributed by atoms with Crippen molar-refractivity contribution in [2.75, 3.05) is 5.32 Å². The van der Waals surface area contributed by atoms with Gasteiger partial charge >= 0.3 is 0 Å². The first-order valence-electron chi connectivity index (χ1n) is 7.50. The van der Waals surface area contributed by atoms with Crippen LogP contribution in [0.5, 0.6) is 0 Å². The molecule has 20 heavy (non-hydrogen) atoms. The molecule has 1 N–H and O–H groups in total.